The van der Waals surface area contributed by atoms with E-state index in [4.69, 9.17) is 0 Å². The van der Waals surface area contributed by atoms with E-state index in [9.17, 15) is 9.59 Å². The van der Waals surface area contributed by atoms with Gasteiger partial charge < -0.3 is 15.1 Å². The molecule has 2 aromatic rings. The molecule has 1 aromatic carbocycles. The van der Waals surface area contributed by atoms with Crippen molar-refractivity contribution in [2.24, 2.45) is 0 Å². The predicted octanol–water partition coefficient (Wildman–Crippen LogP) is 2.61. The Labute approximate surface area is 165 Å². The zero-order valence-electron chi connectivity index (χ0n) is 16.9. The molecule has 3 rings (SSSR count). The highest BCUT2D eigenvalue weighted by molar-refractivity contribution is 6.03. The summed E-state index contributed by atoms with van der Waals surface area (Å²) < 4.78 is 0. The fraction of sp³-hybridized carbons (Fsp3) is 0.429. The molecule has 1 aromatic heterocycles. The van der Waals surface area contributed by atoms with E-state index < -0.39 is 0 Å². The molecular weight excluding hydrogens is 354 g/mol. The van der Waals surface area contributed by atoms with Crippen molar-refractivity contribution in [3.05, 3.63) is 47.3 Å². The minimum atomic E-state index is -0.255. The second-order valence-electron chi connectivity index (χ2n) is 8.07. The van der Waals surface area contributed by atoms with Crippen molar-refractivity contribution >= 4 is 24.0 Å². The average Bonchev–Trinajstić information content (AvgIpc) is 2.67. The van der Waals surface area contributed by atoms with E-state index in [1.165, 1.54) is 0 Å². The molecule has 28 heavy (non-hydrogen) atoms. The lowest BCUT2D eigenvalue weighted by atomic mass is 9.86. The number of aryl methyl sites for hydroxylation is 1. The van der Waals surface area contributed by atoms with Crippen molar-refractivity contribution in [2.45, 2.75) is 33.1 Å². The van der Waals surface area contributed by atoms with Crippen molar-refractivity contribution < 1.29 is 9.59 Å². The lowest BCUT2D eigenvalue weighted by molar-refractivity contribution is -0.118. The summed E-state index contributed by atoms with van der Waals surface area (Å²) in [5.74, 6) is 0.273. The lowest BCUT2D eigenvalue weighted by Gasteiger charge is -2.32. The summed E-state index contributed by atoms with van der Waals surface area (Å²) in [6, 6.07) is 9.52. The first-order valence-electron chi connectivity index (χ1n) is 9.49. The Hall–Kier alpha value is -2.96. The summed E-state index contributed by atoms with van der Waals surface area (Å²) in [4.78, 5) is 36.5. The molecule has 0 spiro atoms. The van der Waals surface area contributed by atoms with Crippen LogP contribution in [0.2, 0.25) is 0 Å². The normalized spacial score (nSPS) is 14.7. The quantitative estimate of drug-likeness (QED) is 0.824. The van der Waals surface area contributed by atoms with Crippen LogP contribution in [0, 0.1) is 6.92 Å². The molecule has 1 saturated heterocycles. The molecule has 7 nitrogen and oxygen atoms in total. The molecule has 2 amide bonds. The molecule has 0 saturated carbocycles. The van der Waals surface area contributed by atoms with Gasteiger partial charge in [-0.05, 0) is 30.0 Å². The van der Waals surface area contributed by atoms with Gasteiger partial charge in [0.1, 0.15) is 5.69 Å². The van der Waals surface area contributed by atoms with Crippen LogP contribution >= 0.6 is 0 Å². The zero-order chi connectivity index (χ0) is 20.3. The maximum atomic E-state index is 12.9. The van der Waals surface area contributed by atoms with Crippen LogP contribution in [-0.2, 0) is 10.2 Å². The first-order valence-corrected chi connectivity index (χ1v) is 9.49. The van der Waals surface area contributed by atoms with Gasteiger partial charge in [0.25, 0.3) is 5.91 Å². The average molecular weight is 381 g/mol. The van der Waals surface area contributed by atoms with Crippen molar-refractivity contribution in [3.8, 4) is 0 Å². The molecule has 0 aliphatic carbocycles. The number of amides is 2. The number of nitrogens with one attached hydrogen (secondary N) is 1. The Morgan fingerprint density at radius 1 is 1.11 bits per heavy atom. The lowest BCUT2D eigenvalue weighted by Crippen LogP contribution is -2.46. The number of para-hydroxylation sites is 1. The molecule has 2 heterocycles. The van der Waals surface area contributed by atoms with Crippen LogP contribution in [0.1, 0.15) is 42.5 Å². The van der Waals surface area contributed by atoms with Gasteiger partial charge in [0.2, 0.25) is 12.4 Å². The summed E-state index contributed by atoms with van der Waals surface area (Å²) in [5.41, 5.74) is 2.84. The van der Waals surface area contributed by atoms with E-state index in [1.807, 2.05) is 36.1 Å². The topological polar surface area (TPSA) is 78.4 Å². The molecule has 0 radical (unpaired) electrons. The monoisotopic (exact) mass is 381 g/mol. The number of benzene rings is 1. The molecule has 7 heteroatoms. The van der Waals surface area contributed by atoms with Gasteiger partial charge in [-0.1, -0.05) is 39.0 Å². The summed E-state index contributed by atoms with van der Waals surface area (Å²) >= 11 is 0. The van der Waals surface area contributed by atoms with Crippen molar-refractivity contribution in [2.75, 3.05) is 36.4 Å². The Balaban J connectivity index is 1.82. The van der Waals surface area contributed by atoms with Crippen LogP contribution in [0.4, 0.5) is 11.6 Å². The molecule has 0 bridgehead atoms. The summed E-state index contributed by atoms with van der Waals surface area (Å²) in [5, 5.41) is 3.00. The molecule has 1 aliphatic heterocycles. The standard InChI is InChI=1S/C21H27N5O2/c1-15-13-18(24-20(22-15)26-11-9-25(14-27)10-12-26)19(28)23-17-8-6-5-7-16(17)21(2,3)4/h5-8,13-14H,9-12H2,1-4H3,(H,23,28). The first kappa shape index (κ1) is 19.8. The van der Waals surface area contributed by atoms with E-state index >= 15 is 0 Å². The van der Waals surface area contributed by atoms with Crippen LogP contribution in [-0.4, -0.2) is 53.4 Å². The largest absolute Gasteiger partial charge is 0.342 e. The number of anilines is 2. The van der Waals surface area contributed by atoms with Crippen LogP contribution in [0.5, 0.6) is 0 Å². The van der Waals surface area contributed by atoms with Crippen LogP contribution < -0.4 is 10.2 Å². The van der Waals surface area contributed by atoms with Gasteiger partial charge in [0.15, 0.2) is 0 Å². The summed E-state index contributed by atoms with van der Waals surface area (Å²) in [6.45, 7) is 10.7. The highest BCUT2D eigenvalue weighted by Gasteiger charge is 2.22. The Kier molecular flexibility index (Phi) is 5.63. The highest BCUT2D eigenvalue weighted by atomic mass is 16.2. The van der Waals surface area contributed by atoms with Crippen LogP contribution in [0.25, 0.3) is 0 Å². The summed E-state index contributed by atoms with van der Waals surface area (Å²) in [7, 11) is 0. The van der Waals surface area contributed by atoms with Crippen molar-refractivity contribution in [1.82, 2.24) is 14.9 Å². The van der Waals surface area contributed by atoms with Crippen LogP contribution in [0.3, 0.4) is 0 Å². The first-order chi connectivity index (χ1) is 13.3. The Morgan fingerprint density at radius 2 is 1.79 bits per heavy atom. The van der Waals surface area contributed by atoms with E-state index in [-0.39, 0.29) is 11.3 Å². The molecular formula is C21H27N5O2. The van der Waals surface area contributed by atoms with E-state index in [0.717, 1.165) is 23.4 Å². The zero-order valence-corrected chi connectivity index (χ0v) is 16.9. The molecule has 0 unspecified atom stereocenters. The minimum absolute atomic E-state index is 0.0884. The third-order valence-electron chi connectivity index (χ3n) is 4.80. The summed E-state index contributed by atoms with van der Waals surface area (Å²) in [6.07, 6.45) is 0.861. The number of carbonyl (C=O) groups is 2. The number of carbonyl (C=O) groups excluding carboxylic acids is 2. The smallest absolute Gasteiger partial charge is 0.274 e. The second kappa shape index (κ2) is 7.96. The number of nitrogens with zero attached hydrogens (tertiary/aromatic N) is 4. The number of hydrogen-bond acceptors (Lipinski definition) is 5. The van der Waals surface area contributed by atoms with Crippen molar-refractivity contribution in [1.29, 1.82) is 0 Å². The fourth-order valence-electron chi connectivity index (χ4n) is 3.27. The highest BCUT2D eigenvalue weighted by Crippen LogP contribution is 2.29. The maximum Gasteiger partial charge on any atom is 0.274 e. The molecule has 1 N–H and O–H groups in total. The number of piperazine rings is 1. The van der Waals surface area contributed by atoms with Gasteiger partial charge in [-0.3, -0.25) is 9.59 Å². The minimum Gasteiger partial charge on any atom is -0.342 e. The number of rotatable bonds is 4. The second-order valence-corrected chi connectivity index (χ2v) is 8.07. The van der Waals surface area contributed by atoms with E-state index in [1.54, 1.807) is 11.0 Å². The van der Waals surface area contributed by atoms with Crippen molar-refractivity contribution in [3.63, 3.8) is 0 Å². The van der Waals surface area contributed by atoms with Gasteiger partial charge in [-0.2, -0.15) is 0 Å². The van der Waals surface area contributed by atoms with Gasteiger partial charge >= 0.3 is 0 Å². The number of hydrogen-bond donors (Lipinski definition) is 1. The molecule has 148 valence electrons. The molecule has 1 aliphatic rings. The predicted molar refractivity (Wildman–Crippen MR) is 110 cm³/mol. The Morgan fingerprint density at radius 3 is 2.43 bits per heavy atom. The van der Waals surface area contributed by atoms with Gasteiger partial charge in [0, 0.05) is 37.6 Å². The Bertz CT molecular complexity index is 867. The van der Waals surface area contributed by atoms with E-state index in [0.29, 0.717) is 37.8 Å². The fourth-order valence-corrected chi connectivity index (χ4v) is 3.27. The number of aromatic nitrogens is 2. The van der Waals surface area contributed by atoms with Crippen LogP contribution in [0.15, 0.2) is 30.3 Å². The third-order valence-corrected chi connectivity index (χ3v) is 4.80. The SMILES string of the molecule is Cc1cc(C(=O)Nc2ccccc2C(C)(C)C)nc(N2CCN(C=O)CC2)n1. The maximum absolute atomic E-state index is 12.9. The van der Waals surface area contributed by atoms with Gasteiger partial charge in [0.05, 0.1) is 0 Å². The third kappa shape index (κ3) is 4.47. The molecule has 1 fully saturated rings. The molecule has 0 atom stereocenters. The van der Waals surface area contributed by atoms with E-state index in [2.05, 4.69) is 36.1 Å². The van der Waals surface area contributed by atoms with Gasteiger partial charge in [-0.15, -0.1) is 0 Å². The van der Waals surface area contributed by atoms with Gasteiger partial charge in [-0.25, -0.2) is 9.97 Å².